The van der Waals surface area contributed by atoms with Gasteiger partial charge in [-0.25, -0.2) is 4.39 Å². The van der Waals surface area contributed by atoms with Crippen LogP contribution in [0.3, 0.4) is 0 Å². The molecule has 1 saturated carbocycles. The minimum absolute atomic E-state index is 0.0178. The van der Waals surface area contributed by atoms with Gasteiger partial charge in [-0.3, -0.25) is 4.79 Å². The van der Waals surface area contributed by atoms with Crippen LogP contribution in [-0.2, 0) is 11.3 Å². The summed E-state index contributed by atoms with van der Waals surface area (Å²) in [5.41, 5.74) is 1.30. The standard InChI is InChI=1S/C20H22ClFN2O2/c1-26-19-9-6-15(21)12-18(19)23-11-10-20(25)24(16-7-8-16)13-14-4-2-3-5-17(14)22/h2-6,9,12,16,23H,7-8,10-11,13H2,1H3. The van der Waals surface area contributed by atoms with Gasteiger partial charge in [0.15, 0.2) is 0 Å². The zero-order chi connectivity index (χ0) is 18.5. The zero-order valence-electron chi connectivity index (χ0n) is 14.7. The topological polar surface area (TPSA) is 41.6 Å². The number of rotatable bonds is 8. The molecule has 0 atom stereocenters. The minimum atomic E-state index is -0.271. The molecule has 0 bridgehead atoms. The SMILES string of the molecule is COc1ccc(Cl)cc1NCCC(=O)N(Cc1ccccc1F)C1CC1. The Bertz CT molecular complexity index is 780. The first kappa shape index (κ1) is 18.5. The van der Waals surface area contributed by atoms with Crippen LogP contribution in [0.1, 0.15) is 24.8 Å². The quantitative estimate of drug-likeness (QED) is 0.738. The molecule has 0 aliphatic heterocycles. The number of carbonyl (C=O) groups excluding carboxylic acids is 1. The van der Waals surface area contributed by atoms with Gasteiger partial charge in [-0.05, 0) is 37.1 Å². The number of hydrogen-bond acceptors (Lipinski definition) is 3. The van der Waals surface area contributed by atoms with Gasteiger partial charge in [0.2, 0.25) is 5.91 Å². The lowest BCUT2D eigenvalue weighted by Crippen LogP contribution is -2.34. The number of ether oxygens (including phenoxy) is 1. The summed E-state index contributed by atoms with van der Waals surface area (Å²) in [5.74, 6) is 0.421. The Morgan fingerprint density at radius 3 is 2.77 bits per heavy atom. The highest BCUT2D eigenvalue weighted by Gasteiger charge is 2.32. The molecule has 0 saturated heterocycles. The molecule has 1 aliphatic rings. The number of hydrogen-bond donors (Lipinski definition) is 1. The molecule has 6 heteroatoms. The average molecular weight is 377 g/mol. The van der Waals surface area contributed by atoms with Crippen LogP contribution in [0.2, 0.25) is 5.02 Å². The van der Waals surface area contributed by atoms with E-state index in [1.165, 1.54) is 6.07 Å². The van der Waals surface area contributed by atoms with Crippen LogP contribution in [0.25, 0.3) is 0 Å². The van der Waals surface area contributed by atoms with Crippen molar-refractivity contribution in [1.82, 2.24) is 4.90 Å². The molecular formula is C20H22ClFN2O2. The van der Waals surface area contributed by atoms with E-state index in [1.807, 2.05) is 0 Å². The molecule has 1 amide bonds. The molecule has 2 aromatic carbocycles. The van der Waals surface area contributed by atoms with E-state index >= 15 is 0 Å². The summed E-state index contributed by atoms with van der Waals surface area (Å²) in [6, 6.07) is 12.1. The van der Waals surface area contributed by atoms with Crippen molar-refractivity contribution in [3.63, 3.8) is 0 Å². The second-order valence-corrected chi connectivity index (χ2v) is 6.80. The molecule has 3 rings (SSSR count). The third-order valence-corrected chi connectivity index (χ3v) is 4.66. The fourth-order valence-electron chi connectivity index (χ4n) is 2.88. The van der Waals surface area contributed by atoms with Gasteiger partial charge in [0.25, 0.3) is 0 Å². The normalized spacial score (nSPS) is 13.3. The maximum absolute atomic E-state index is 13.9. The first-order valence-electron chi connectivity index (χ1n) is 8.69. The predicted octanol–water partition coefficient (Wildman–Crippen LogP) is 4.48. The van der Waals surface area contributed by atoms with Gasteiger partial charge < -0.3 is 15.0 Å². The highest BCUT2D eigenvalue weighted by Crippen LogP contribution is 2.30. The lowest BCUT2D eigenvalue weighted by atomic mass is 10.2. The maximum atomic E-state index is 13.9. The molecule has 26 heavy (non-hydrogen) atoms. The number of anilines is 1. The fourth-order valence-corrected chi connectivity index (χ4v) is 3.06. The summed E-state index contributed by atoms with van der Waals surface area (Å²) in [6.45, 7) is 0.771. The van der Waals surface area contributed by atoms with Crippen molar-refractivity contribution in [3.8, 4) is 5.75 Å². The van der Waals surface area contributed by atoms with E-state index in [0.717, 1.165) is 18.5 Å². The van der Waals surface area contributed by atoms with Crippen molar-refractivity contribution in [1.29, 1.82) is 0 Å². The summed E-state index contributed by atoms with van der Waals surface area (Å²) in [6.07, 6.45) is 2.28. The van der Waals surface area contributed by atoms with E-state index in [-0.39, 0.29) is 17.8 Å². The molecule has 2 aromatic rings. The summed E-state index contributed by atoms with van der Waals surface area (Å²) in [4.78, 5) is 14.4. The zero-order valence-corrected chi connectivity index (χ0v) is 15.4. The second-order valence-electron chi connectivity index (χ2n) is 6.37. The molecule has 138 valence electrons. The number of carbonyl (C=O) groups is 1. The highest BCUT2D eigenvalue weighted by molar-refractivity contribution is 6.30. The van der Waals surface area contributed by atoms with Crippen molar-refractivity contribution in [2.45, 2.75) is 31.8 Å². The van der Waals surface area contributed by atoms with Crippen LogP contribution in [0.15, 0.2) is 42.5 Å². The van der Waals surface area contributed by atoms with Crippen LogP contribution in [-0.4, -0.2) is 30.5 Å². The van der Waals surface area contributed by atoms with Gasteiger partial charge in [0.1, 0.15) is 11.6 Å². The van der Waals surface area contributed by atoms with E-state index in [0.29, 0.717) is 35.8 Å². The monoisotopic (exact) mass is 376 g/mol. The van der Waals surface area contributed by atoms with Crippen molar-refractivity contribution in [2.75, 3.05) is 19.0 Å². The van der Waals surface area contributed by atoms with Crippen LogP contribution in [0.4, 0.5) is 10.1 Å². The Hall–Kier alpha value is -2.27. The van der Waals surface area contributed by atoms with Crippen LogP contribution in [0, 0.1) is 5.82 Å². The molecule has 0 aromatic heterocycles. The average Bonchev–Trinajstić information content (AvgIpc) is 3.46. The molecule has 0 radical (unpaired) electrons. The minimum Gasteiger partial charge on any atom is -0.495 e. The molecule has 0 unspecified atom stereocenters. The van der Waals surface area contributed by atoms with Gasteiger partial charge in [-0.15, -0.1) is 0 Å². The number of amides is 1. The van der Waals surface area contributed by atoms with E-state index in [2.05, 4.69) is 5.32 Å². The van der Waals surface area contributed by atoms with Gasteiger partial charge in [-0.1, -0.05) is 29.8 Å². The number of halogens is 2. The second kappa shape index (κ2) is 8.41. The smallest absolute Gasteiger partial charge is 0.224 e. The highest BCUT2D eigenvalue weighted by atomic mass is 35.5. The van der Waals surface area contributed by atoms with Gasteiger partial charge in [0, 0.05) is 36.1 Å². The lowest BCUT2D eigenvalue weighted by Gasteiger charge is -2.23. The summed E-state index contributed by atoms with van der Waals surface area (Å²) >= 11 is 6.01. The first-order valence-corrected chi connectivity index (χ1v) is 9.06. The Morgan fingerprint density at radius 1 is 1.31 bits per heavy atom. The van der Waals surface area contributed by atoms with Gasteiger partial charge in [-0.2, -0.15) is 0 Å². The number of methoxy groups -OCH3 is 1. The third-order valence-electron chi connectivity index (χ3n) is 4.42. The van der Waals surface area contributed by atoms with Gasteiger partial charge in [0.05, 0.1) is 12.8 Å². The molecule has 1 aliphatic carbocycles. The number of benzene rings is 2. The Morgan fingerprint density at radius 2 is 2.08 bits per heavy atom. The summed E-state index contributed by atoms with van der Waals surface area (Å²) in [7, 11) is 1.59. The molecule has 4 nitrogen and oxygen atoms in total. The van der Waals surface area contributed by atoms with Crippen LogP contribution in [0.5, 0.6) is 5.75 Å². The largest absolute Gasteiger partial charge is 0.495 e. The predicted molar refractivity (Wildman–Crippen MR) is 101 cm³/mol. The summed E-state index contributed by atoms with van der Waals surface area (Å²) < 4.78 is 19.2. The van der Waals surface area contributed by atoms with Crippen molar-refractivity contribution in [3.05, 3.63) is 58.9 Å². The maximum Gasteiger partial charge on any atom is 0.224 e. The Labute approximate surface area is 157 Å². The third kappa shape index (κ3) is 4.67. The van der Waals surface area contributed by atoms with E-state index in [4.69, 9.17) is 16.3 Å². The molecule has 0 heterocycles. The number of nitrogens with zero attached hydrogens (tertiary/aromatic N) is 1. The molecular weight excluding hydrogens is 355 g/mol. The van der Waals surface area contributed by atoms with Gasteiger partial charge >= 0.3 is 0 Å². The van der Waals surface area contributed by atoms with E-state index < -0.39 is 0 Å². The first-order chi connectivity index (χ1) is 12.6. The van der Waals surface area contributed by atoms with Crippen molar-refractivity contribution < 1.29 is 13.9 Å². The molecule has 1 N–H and O–H groups in total. The Balaban J connectivity index is 1.59. The fraction of sp³-hybridized carbons (Fsp3) is 0.350. The van der Waals surface area contributed by atoms with E-state index in [9.17, 15) is 9.18 Å². The lowest BCUT2D eigenvalue weighted by molar-refractivity contribution is -0.132. The van der Waals surface area contributed by atoms with Crippen molar-refractivity contribution in [2.24, 2.45) is 0 Å². The molecule has 0 spiro atoms. The van der Waals surface area contributed by atoms with Crippen LogP contribution < -0.4 is 10.1 Å². The summed E-state index contributed by atoms with van der Waals surface area (Å²) in [5, 5.41) is 3.79. The van der Waals surface area contributed by atoms with E-state index in [1.54, 1.807) is 48.4 Å². The number of nitrogens with one attached hydrogen (secondary N) is 1. The Kier molecular flexibility index (Phi) is 5.99. The van der Waals surface area contributed by atoms with Crippen LogP contribution >= 0.6 is 11.6 Å². The van der Waals surface area contributed by atoms with Crippen molar-refractivity contribution >= 4 is 23.2 Å². The molecule has 1 fully saturated rings.